The second-order valence-corrected chi connectivity index (χ2v) is 7.46. The minimum absolute atomic E-state index is 0.101. The fourth-order valence-electron chi connectivity index (χ4n) is 3.60. The third kappa shape index (κ3) is 4.02. The first kappa shape index (κ1) is 18.5. The number of piperidine rings is 1. The molecule has 0 radical (unpaired) electrons. The van der Waals surface area contributed by atoms with Gasteiger partial charge in [0.15, 0.2) is 0 Å². The molecule has 1 saturated heterocycles. The molecule has 1 N–H and O–H groups in total. The molecule has 1 fully saturated rings. The van der Waals surface area contributed by atoms with Crippen LogP contribution in [0.5, 0.6) is 0 Å². The van der Waals surface area contributed by atoms with E-state index in [9.17, 15) is 9.59 Å². The summed E-state index contributed by atoms with van der Waals surface area (Å²) in [6, 6.07) is 16.8. The van der Waals surface area contributed by atoms with E-state index in [1.54, 1.807) is 6.07 Å². The Balaban J connectivity index is 1.39. The average molecular weight is 397 g/mol. The van der Waals surface area contributed by atoms with Crippen LogP contribution >= 0.6 is 11.6 Å². The number of hydrogen-bond donors (Lipinski definition) is 1. The maximum atomic E-state index is 12.6. The third-order valence-electron chi connectivity index (χ3n) is 5.11. The Hall–Kier alpha value is -2.86. The Kier molecular flexibility index (Phi) is 5.30. The van der Waals surface area contributed by atoms with Gasteiger partial charge in [0, 0.05) is 24.0 Å². The van der Waals surface area contributed by atoms with Crippen molar-refractivity contribution in [2.45, 2.75) is 25.2 Å². The number of carbonyl (C=O) groups excluding carboxylic acids is 1. The lowest BCUT2D eigenvalue weighted by Crippen LogP contribution is -2.39. The first-order chi connectivity index (χ1) is 13.6. The van der Waals surface area contributed by atoms with Gasteiger partial charge in [0.05, 0.1) is 12.1 Å². The molecular formula is C21H21ClN4O2. The number of hydrogen-bond acceptors (Lipinski definition) is 3. The second kappa shape index (κ2) is 8.02. The van der Waals surface area contributed by atoms with E-state index in [2.05, 4.69) is 10.1 Å². The molecule has 0 atom stereocenters. The van der Waals surface area contributed by atoms with Gasteiger partial charge in [-0.3, -0.25) is 9.78 Å². The van der Waals surface area contributed by atoms with E-state index < -0.39 is 0 Å². The number of aromatic amines is 1. The summed E-state index contributed by atoms with van der Waals surface area (Å²) in [4.78, 5) is 29.6. The summed E-state index contributed by atoms with van der Waals surface area (Å²) in [5, 5.41) is 5.12. The molecule has 2 aromatic carbocycles. The maximum Gasteiger partial charge on any atom is 0.348 e. The number of amides is 1. The molecule has 1 aliphatic heterocycles. The molecule has 0 unspecified atom stereocenters. The molecule has 1 aromatic heterocycles. The van der Waals surface area contributed by atoms with Crippen LogP contribution in [0.25, 0.3) is 5.69 Å². The molecule has 3 aromatic rings. The molecule has 0 spiro atoms. The number of nitrogens with zero attached hydrogens (tertiary/aromatic N) is 3. The normalized spacial score (nSPS) is 15.0. The zero-order chi connectivity index (χ0) is 19.5. The number of halogens is 1. The molecule has 4 rings (SSSR count). The highest BCUT2D eigenvalue weighted by molar-refractivity contribution is 6.30. The highest BCUT2D eigenvalue weighted by atomic mass is 35.5. The monoisotopic (exact) mass is 396 g/mol. The van der Waals surface area contributed by atoms with Gasteiger partial charge in [-0.05, 0) is 42.7 Å². The van der Waals surface area contributed by atoms with Crippen molar-refractivity contribution in [3.63, 3.8) is 0 Å². The lowest BCUT2D eigenvalue weighted by Gasteiger charge is -2.31. The molecule has 144 valence electrons. The lowest BCUT2D eigenvalue weighted by atomic mass is 9.95. The summed E-state index contributed by atoms with van der Waals surface area (Å²) < 4.78 is 1.39. The number of carbonyl (C=O) groups is 1. The van der Waals surface area contributed by atoms with Gasteiger partial charge in [0.1, 0.15) is 5.82 Å². The average Bonchev–Trinajstić information content (AvgIpc) is 3.10. The summed E-state index contributed by atoms with van der Waals surface area (Å²) in [7, 11) is 0. The van der Waals surface area contributed by atoms with Crippen LogP contribution in [0.15, 0.2) is 59.4 Å². The highest BCUT2D eigenvalue weighted by Gasteiger charge is 2.26. The van der Waals surface area contributed by atoms with Gasteiger partial charge in [0.25, 0.3) is 0 Å². The minimum atomic E-state index is -0.235. The highest BCUT2D eigenvalue weighted by Crippen LogP contribution is 2.25. The van der Waals surface area contributed by atoms with Crippen LogP contribution in [0.2, 0.25) is 5.02 Å². The molecule has 0 aliphatic carbocycles. The molecule has 6 nitrogen and oxygen atoms in total. The van der Waals surface area contributed by atoms with Crippen molar-refractivity contribution < 1.29 is 4.79 Å². The number of para-hydroxylation sites is 1. The maximum absolute atomic E-state index is 12.6. The number of rotatable bonds is 4. The van der Waals surface area contributed by atoms with Gasteiger partial charge in [-0.1, -0.05) is 41.9 Å². The predicted octanol–water partition coefficient (Wildman–Crippen LogP) is 3.16. The van der Waals surface area contributed by atoms with E-state index in [0.717, 1.165) is 24.1 Å². The van der Waals surface area contributed by atoms with Crippen molar-refractivity contribution in [2.75, 3.05) is 13.1 Å². The number of likely N-dealkylation sites (tertiary alicyclic amines) is 1. The summed E-state index contributed by atoms with van der Waals surface area (Å²) in [5.74, 6) is 0.938. The lowest BCUT2D eigenvalue weighted by molar-refractivity contribution is -0.131. The van der Waals surface area contributed by atoms with Crippen LogP contribution in [-0.2, 0) is 11.2 Å². The first-order valence-corrected chi connectivity index (χ1v) is 9.75. The summed E-state index contributed by atoms with van der Waals surface area (Å²) in [5.41, 5.74) is 1.43. The molecule has 0 bridgehead atoms. The first-order valence-electron chi connectivity index (χ1n) is 9.37. The number of benzene rings is 2. The van der Waals surface area contributed by atoms with Gasteiger partial charge in [-0.2, -0.15) is 4.68 Å². The standard InChI is InChI=1S/C21H21ClN4O2/c22-17-6-4-5-15(13-17)14-19(27)25-11-9-16(10-12-25)20-23-21(28)26(24-20)18-7-2-1-3-8-18/h1-8,13,16H,9-12,14H2,(H,23,24,28). The topological polar surface area (TPSA) is 71.0 Å². The number of nitrogens with one attached hydrogen (secondary N) is 1. The van der Waals surface area contributed by atoms with Crippen LogP contribution in [0.3, 0.4) is 0 Å². The summed E-state index contributed by atoms with van der Waals surface area (Å²) >= 11 is 6.00. The zero-order valence-electron chi connectivity index (χ0n) is 15.3. The summed E-state index contributed by atoms with van der Waals surface area (Å²) in [6.07, 6.45) is 1.91. The van der Waals surface area contributed by atoms with E-state index >= 15 is 0 Å². The Morgan fingerprint density at radius 3 is 2.57 bits per heavy atom. The largest absolute Gasteiger partial charge is 0.348 e. The SMILES string of the molecule is O=C(Cc1cccc(Cl)c1)N1CCC(c2nn(-c3ccccc3)c(=O)[nH]2)CC1. The number of H-pyrrole nitrogens is 1. The van der Waals surface area contributed by atoms with Crippen molar-refractivity contribution in [2.24, 2.45) is 0 Å². The van der Waals surface area contributed by atoms with Crippen LogP contribution in [0.4, 0.5) is 0 Å². The predicted molar refractivity (Wildman–Crippen MR) is 108 cm³/mol. The Bertz CT molecular complexity index is 1020. The van der Waals surface area contributed by atoms with E-state index in [-0.39, 0.29) is 17.5 Å². The quantitative estimate of drug-likeness (QED) is 0.736. The molecule has 0 saturated carbocycles. The molecule has 28 heavy (non-hydrogen) atoms. The van der Waals surface area contributed by atoms with Crippen molar-refractivity contribution in [1.29, 1.82) is 0 Å². The van der Waals surface area contributed by atoms with E-state index in [1.165, 1.54) is 4.68 Å². The van der Waals surface area contributed by atoms with Crippen LogP contribution in [-0.4, -0.2) is 38.7 Å². The zero-order valence-corrected chi connectivity index (χ0v) is 16.1. The molecule has 7 heteroatoms. The Morgan fingerprint density at radius 2 is 1.86 bits per heavy atom. The van der Waals surface area contributed by atoms with Gasteiger partial charge in [0.2, 0.25) is 5.91 Å². The fourth-order valence-corrected chi connectivity index (χ4v) is 3.82. The van der Waals surface area contributed by atoms with E-state index in [1.807, 2.05) is 53.4 Å². The summed E-state index contributed by atoms with van der Waals surface area (Å²) in [6.45, 7) is 1.31. The second-order valence-electron chi connectivity index (χ2n) is 7.02. The number of aromatic nitrogens is 3. The van der Waals surface area contributed by atoms with Gasteiger partial charge < -0.3 is 4.90 Å². The van der Waals surface area contributed by atoms with Gasteiger partial charge in [-0.25, -0.2) is 4.79 Å². The fraction of sp³-hybridized carbons (Fsp3) is 0.286. The molecule has 2 heterocycles. The van der Waals surface area contributed by atoms with Crippen molar-refractivity contribution in [3.05, 3.63) is 81.5 Å². The Labute approximate surface area is 167 Å². The van der Waals surface area contributed by atoms with Crippen LogP contribution in [0, 0.1) is 0 Å². The minimum Gasteiger partial charge on any atom is -0.342 e. The smallest absolute Gasteiger partial charge is 0.342 e. The third-order valence-corrected chi connectivity index (χ3v) is 5.35. The molecular weight excluding hydrogens is 376 g/mol. The van der Waals surface area contributed by atoms with E-state index in [4.69, 9.17) is 11.6 Å². The van der Waals surface area contributed by atoms with Crippen LogP contribution < -0.4 is 5.69 Å². The Morgan fingerprint density at radius 1 is 1.11 bits per heavy atom. The molecule has 1 amide bonds. The van der Waals surface area contributed by atoms with Crippen LogP contribution in [0.1, 0.15) is 30.1 Å². The van der Waals surface area contributed by atoms with Crippen molar-refractivity contribution in [1.82, 2.24) is 19.7 Å². The molecule has 1 aliphatic rings. The van der Waals surface area contributed by atoms with E-state index in [0.29, 0.717) is 30.4 Å². The van der Waals surface area contributed by atoms with Crippen molar-refractivity contribution >= 4 is 17.5 Å². The van der Waals surface area contributed by atoms with Gasteiger partial charge in [-0.15, -0.1) is 5.10 Å². The van der Waals surface area contributed by atoms with Gasteiger partial charge >= 0.3 is 5.69 Å². The van der Waals surface area contributed by atoms with Crippen molar-refractivity contribution in [3.8, 4) is 5.69 Å².